The molecule has 27 heavy (non-hydrogen) atoms. The molecule has 1 spiro atoms. The van der Waals surface area contributed by atoms with Gasteiger partial charge < -0.3 is 4.90 Å². The third-order valence-corrected chi connectivity index (χ3v) is 8.97. The molecular weight excluding hydrogens is 358 g/mol. The molecule has 3 saturated heterocycles. The van der Waals surface area contributed by atoms with Gasteiger partial charge in [-0.1, -0.05) is 37.3 Å². The quantitative estimate of drug-likeness (QED) is 0.793. The Bertz CT molecular complexity index is 723. The molecule has 150 valence electrons. The summed E-state index contributed by atoms with van der Waals surface area (Å²) < 4.78 is 29.3. The molecule has 0 amide bonds. The van der Waals surface area contributed by atoms with Crippen LogP contribution >= 0.6 is 0 Å². The first-order valence-electron chi connectivity index (χ1n) is 10.5. The van der Waals surface area contributed by atoms with Crippen LogP contribution in [0.3, 0.4) is 0 Å². The topological polar surface area (TPSA) is 43.9 Å². The second-order valence-corrected chi connectivity index (χ2v) is 10.6. The molecule has 3 aliphatic heterocycles. The lowest BCUT2D eigenvalue weighted by atomic mass is 9.68. The van der Waals surface area contributed by atoms with Crippen molar-refractivity contribution in [3.8, 4) is 0 Å². The van der Waals surface area contributed by atoms with Crippen LogP contribution in [0.2, 0.25) is 0 Å². The lowest BCUT2D eigenvalue weighted by Crippen LogP contribution is -2.54. The van der Waals surface area contributed by atoms with Crippen LogP contribution in [0.4, 0.5) is 0 Å². The van der Waals surface area contributed by atoms with Crippen molar-refractivity contribution < 1.29 is 8.42 Å². The zero-order valence-corrected chi connectivity index (χ0v) is 17.3. The van der Waals surface area contributed by atoms with Crippen molar-refractivity contribution in [2.75, 3.05) is 45.8 Å². The fourth-order valence-electron chi connectivity index (χ4n) is 5.33. The molecule has 3 aliphatic rings. The van der Waals surface area contributed by atoms with Crippen molar-refractivity contribution in [3.05, 3.63) is 35.9 Å². The van der Waals surface area contributed by atoms with E-state index in [1.165, 1.54) is 12.0 Å². The maximum Gasteiger partial charge on any atom is 0.281 e. The van der Waals surface area contributed by atoms with E-state index >= 15 is 0 Å². The minimum absolute atomic E-state index is 0.256. The van der Waals surface area contributed by atoms with Crippen LogP contribution in [0.15, 0.2) is 30.3 Å². The van der Waals surface area contributed by atoms with Crippen LogP contribution in [0.5, 0.6) is 0 Å². The minimum Gasteiger partial charge on any atom is -0.302 e. The lowest BCUT2D eigenvalue weighted by Gasteiger charge is -2.50. The number of benzene rings is 1. The zero-order chi connectivity index (χ0) is 18.9. The van der Waals surface area contributed by atoms with Crippen LogP contribution in [0.1, 0.15) is 50.5 Å². The molecule has 4 rings (SSSR count). The predicted octanol–water partition coefficient (Wildman–Crippen LogP) is 2.92. The van der Waals surface area contributed by atoms with Gasteiger partial charge in [0.05, 0.1) is 0 Å². The number of piperidine rings is 2. The van der Waals surface area contributed by atoms with E-state index in [2.05, 4.69) is 42.2 Å². The Morgan fingerprint density at radius 2 is 1.63 bits per heavy atom. The first kappa shape index (κ1) is 19.4. The normalized spacial score (nSPS) is 28.0. The maximum atomic E-state index is 12.9. The van der Waals surface area contributed by atoms with Gasteiger partial charge in [0.15, 0.2) is 0 Å². The lowest BCUT2D eigenvalue weighted by molar-refractivity contribution is 0.0327. The average Bonchev–Trinajstić information content (AvgIpc) is 3.24. The second kappa shape index (κ2) is 7.82. The van der Waals surface area contributed by atoms with E-state index < -0.39 is 10.2 Å². The summed E-state index contributed by atoms with van der Waals surface area (Å²) in [6.07, 6.45) is 5.16. The molecule has 5 nitrogen and oxygen atoms in total. The highest BCUT2D eigenvalue weighted by molar-refractivity contribution is 7.86. The van der Waals surface area contributed by atoms with E-state index in [4.69, 9.17) is 0 Å². The van der Waals surface area contributed by atoms with Gasteiger partial charge in [-0.3, -0.25) is 0 Å². The monoisotopic (exact) mass is 391 g/mol. The van der Waals surface area contributed by atoms with Gasteiger partial charge in [-0.2, -0.15) is 17.0 Å². The van der Waals surface area contributed by atoms with E-state index in [0.717, 1.165) is 45.3 Å². The van der Waals surface area contributed by atoms with Crippen LogP contribution in [-0.4, -0.2) is 67.7 Å². The molecule has 1 atom stereocenters. The van der Waals surface area contributed by atoms with Crippen molar-refractivity contribution in [1.29, 1.82) is 0 Å². The second-order valence-electron chi connectivity index (χ2n) is 8.65. The fourth-order valence-corrected chi connectivity index (χ4v) is 7.02. The summed E-state index contributed by atoms with van der Waals surface area (Å²) in [7, 11) is -3.25. The molecule has 0 radical (unpaired) electrons. The molecular formula is C21H33N3O2S. The highest BCUT2D eigenvalue weighted by Gasteiger charge is 2.44. The van der Waals surface area contributed by atoms with Crippen molar-refractivity contribution in [2.45, 2.75) is 44.9 Å². The third kappa shape index (κ3) is 3.95. The molecule has 0 aromatic heterocycles. The van der Waals surface area contributed by atoms with Crippen molar-refractivity contribution in [1.82, 2.24) is 13.5 Å². The Balaban J connectivity index is 1.47. The summed E-state index contributed by atoms with van der Waals surface area (Å²) in [4.78, 5) is 2.58. The highest BCUT2D eigenvalue weighted by atomic mass is 32.2. The molecule has 0 aliphatic carbocycles. The number of hydrogen-bond acceptors (Lipinski definition) is 3. The van der Waals surface area contributed by atoms with Gasteiger partial charge in [-0.15, -0.1) is 0 Å². The summed E-state index contributed by atoms with van der Waals surface area (Å²) in [5.74, 6) is 0.557. The molecule has 0 N–H and O–H groups in total. The average molecular weight is 392 g/mol. The Morgan fingerprint density at radius 3 is 2.26 bits per heavy atom. The van der Waals surface area contributed by atoms with Crippen LogP contribution < -0.4 is 0 Å². The molecule has 3 fully saturated rings. The smallest absolute Gasteiger partial charge is 0.281 e. The molecule has 3 heterocycles. The molecule has 0 saturated carbocycles. The fraction of sp³-hybridized carbons (Fsp3) is 0.714. The summed E-state index contributed by atoms with van der Waals surface area (Å²) >= 11 is 0. The standard InChI is InChI=1S/C21H33N3O2S/c1-2-22-17-20(19-8-4-3-5-9-19)16-21(18-22)10-14-24(15-11-21)27(25,26)23-12-6-7-13-23/h3-5,8-9,20H,2,6-7,10-18H2,1H3. The molecule has 1 aromatic rings. The minimum atomic E-state index is -3.25. The molecule has 0 bridgehead atoms. The van der Waals surface area contributed by atoms with Crippen molar-refractivity contribution in [3.63, 3.8) is 0 Å². The first-order valence-corrected chi connectivity index (χ1v) is 11.9. The number of rotatable bonds is 4. The Labute approximate surface area is 164 Å². The maximum absolute atomic E-state index is 12.9. The Morgan fingerprint density at radius 1 is 1.00 bits per heavy atom. The SMILES string of the molecule is CCN1CC(c2ccccc2)CC2(CCN(S(=O)(=O)N3CCCC3)CC2)C1. The van der Waals surface area contributed by atoms with E-state index in [9.17, 15) is 8.42 Å². The van der Waals surface area contributed by atoms with E-state index in [1.807, 2.05) is 0 Å². The highest BCUT2D eigenvalue weighted by Crippen LogP contribution is 2.45. The number of nitrogens with zero attached hydrogens (tertiary/aromatic N) is 3. The Kier molecular flexibility index (Phi) is 5.61. The van der Waals surface area contributed by atoms with E-state index in [-0.39, 0.29) is 5.41 Å². The molecule has 1 unspecified atom stereocenters. The van der Waals surface area contributed by atoms with Gasteiger partial charge in [0.2, 0.25) is 0 Å². The summed E-state index contributed by atoms with van der Waals surface area (Å²) in [5.41, 5.74) is 1.69. The van der Waals surface area contributed by atoms with Crippen LogP contribution in [-0.2, 0) is 10.2 Å². The van der Waals surface area contributed by atoms with Gasteiger partial charge in [-0.25, -0.2) is 0 Å². The number of likely N-dealkylation sites (tertiary alicyclic amines) is 1. The van der Waals surface area contributed by atoms with Gasteiger partial charge in [0, 0.05) is 39.3 Å². The van der Waals surface area contributed by atoms with Gasteiger partial charge >= 0.3 is 0 Å². The molecule has 1 aromatic carbocycles. The predicted molar refractivity (Wildman–Crippen MR) is 109 cm³/mol. The number of likely N-dealkylation sites (N-methyl/N-ethyl adjacent to an activating group) is 1. The summed E-state index contributed by atoms with van der Waals surface area (Å²) in [5, 5.41) is 0. The van der Waals surface area contributed by atoms with E-state index in [0.29, 0.717) is 32.1 Å². The Hall–Kier alpha value is -0.950. The molecule has 6 heteroatoms. The van der Waals surface area contributed by atoms with Gasteiger partial charge in [-0.05, 0) is 55.5 Å². The van der Waals surface area contributed by atoms with Crippen molar-refractivity contribution in [2.24, 2.45) is 5.41 Å². The van der Waals surface area contributed by atoms with Crippen LogP contribution in [0, 0.1) is 5.41 Å². The number of hydrogen-bond donors (Lipinski definition) is 0. The van der Waals surface area contributed by atoms with Crippen LogP contribution in [0.25, 0.3) is 0 Å². The van der Waals surface area contributed by atoms with Gasteiger partial charge in [0.1, 0.15) is 0 Å². The zero-order valence-electron chi connectivity index (χ0n) is 16.5. The van der Waals surface area contributed by atoms with E-state index in [1.54, 1.807) is 8.61 Å². The first-order chi connectivity index (χ1) is 13.0. The van der Waals surface area contributed by atoms with Gasteiger partial charge in [0.25, 0.3) is 10.2 Å². The largest absolute Gasteiger partial charge is 0.302 e. The summed E-state index contributed by atoms with van der Waals surface area (Å²) in [6, 6.07) is 10.9. The van der Waals surface area contributed by atoms with Crippen molar-refractivity contribution >= 4 is 10.2 Å². The third-order valence-electron chi connectivity index (χ3n) is 6.94. The summed E-state index contributed by atoms with van der Waals surface area (Å²) in [6.45, 7) is 8.31.